The Bertz CT molecular complexity index is 362. The van der Waals surface area contributed by atoms with Crippen LogP contribution >= 0.6 is 15.9 Å². The van der Waals surface area contributed by atoms with E-state index in [1.54, 1.807) is 0 Å². The van der Waals surface area contributed by atoms with Gasteiger partial charge < -0.3 is 15.7 Å². The molecule has 1 atom stereocenters. The van der Waals surface area contributed by atoms with Gasteiger partial charge >= 0.3 is 0 Å². The Morgan fingerprint density at radius 3 is 2.50 bits per heavy atom. The van der Waals surface area contributed by atoms with Gasteiger partial charge in [-0.05, 0) is 28.8 Å². The van der Waals surface area contributed by atoms with Crippen LogP contribution in [0.2, 0.25) is 0 Å². The summed E-state index contributed by atoms with van der Waals surface area (Å²) in [4.78, 5) is 8.33. The summed E-state index contributed by atoms with van der Waals surface area (Å²) >= 11 is 3.47. The number of rotatable bonds is 8. The van der Waals surface area contributed by atoms with E-state index < -0.39 is 0 Å². The lowest BCUT2D eigenvalue weighted by molar-refractivity contribution is 0.176. The van der Waals surface area contributed by atoms with Crippen LogP contribution in [0.5, 0.6) is 0 Å². The summed E-state index contributed by atoms with van der Waals surface area (Å²) in [5, 5.41) is 16.0. The van der Waals surface area contributed by atoms with Crippen molar-refractivity contribution in [3.8, 4) is 0 Å². The Balaban J connectivity index is 2.60. The van der Waals surface area contributed by atoms with Gasteiger partial charge in [0.2, 0.25) is 0 Å². The van der Waals surface area contributed by atoms with Gasteiger partial charge in [-0.2, -0.15) is 0 Å². The highest BCUT2D eigenvalue weighted by Crippen LogP contribution is 2.26. The molecule has 0 bridgehead atoms. The zero-order chi connectivity index (χ0) is 13.4. The minimum Gasteiger partial charge on any atom is -0.391 e. The Morgan fingerprint density at radius 2 is 1.89 bits per heavy atom. The first-order chi connectivity index (χ1) is 8.69. The molecule has 102 valence electrons. The summed E-state index contributed by atoms with van der Waals surface area (Å²) in [6.45, 7) is 5.52. The van der Waals surface area contributed by atoms with Crippen LogP contribution < -0.4 is 10.6 Å². The Morgan fingerprint density at radius 1 is 1.22 bits per heavy atom. The van der Waals surface area contributed by atoms with Gasteiger partial charge in [0.05, 0.1) is 6.10 Å². The summed E-state index contributed by atoms with van der Waals surface area (Å²) in [6, 6.07) is 0. The van der Waals surface area contributed by atoms with Crippen molar-refractivity contribution in [2.45, 2.75) is 39.2 Å². The number of nitrogens with zero attached hydrogens (tertiary/aromatic N) is 2. The number of aliphatic hydroxyl groups excluding tert-OH is 1. The SMILES string of the molecule is CCCNc1ncnc(NCC(O)CCC)c1Br. The minimum atomic E-state index is -0.344. The van der Waals surface area contributed by atoms with Crippen molar-refractivity contribution in [1.82, 2.24) is 9.97 Å². The predicted molar refractivity (Wildman–Crippen MR) is 77.9 cm³/mol. The second-order valence-corrected chi connectivity index (χ2v) is 4.93. The van der Waals surface area contributed by atoms with Crippen LogP contribution in [-0.2, 0) is 0 Å². The standard InChI is InChI=1S/C12H21BrN4O/c1-3-5-9(18)7-15-12-10(13)11(14-6-4-2)16-8-17-12/h8-9,18H,3-7H2,1-2H3,(H2,14,15,16,17). The molecule has 1 aromatic heterocycles. The first-order valence-electron chi connectivity index (χ1n) is 6.35. The van der Waals surface area contributed by atoms with E-state index in [9.17, 15) is 5.11 Å². The lowest BCUT2D eigenvalue weighted by Gasteiger charge is -2.14. The molecule has 1 heterocycles. The average molecular weight is 317 g/mol. The normalized spacial score (nSPS) is 12.2. The van der Waals surface area contributed by atoms with Crippen molar-refractivity contribution in [1.29, 1.82) is 0 Å². The van der Waals surface area contributed by atoms with E-state index in [0.717, 1.165) is 36.1 Å². The summed E-state index contributed by atoms with van der Waals surface area (Å²) in [6.07, 6.45) is 3.96. The van der Waals surface area contributed by atoms with Crippen molar-refractivity contribution in [2.24, 2.45) is 0 Å². The van der Waals surface area contributed by atoms with Gasteiger partial charge in [-0.1, -0.05) is 20.3 Å². The molecule has 3 N–H and O–H groups in total. The van der Waals surface area contributed by atoms with E-state index >= 15 is 0 Å². The van der Waals surface area contributed by atoms with Crippen molar-refractivity contribution >= 4 is 27.6 Å². The lowest BCUT2D eigenvalue weighted by atomic mass is 10.2. The van der Waals surface area contributed by atoms with E-state index in [2.05, 4.69) is 50.4 Å². The van der Waals surface area contributed by atoms with Crippen molar-refractivity contribution in [2.75, 3.05) is 23.7 Å². The highest BCUT2D eigenvalue weighted by Gasteiger charge is 2.09. The third-order valence-corrected chi connectivity index (χ3v) is 3.21. The molecular weight excluding hydrogens is 296 g/mol. The maximum atomic E-state index is 9.68. The number of nitrogens with one attached hydrogen (secondary N) is 2. The average Bonchev–Trinajstić information content (AvgIpc) is 2.36. The van der Waals surface area contributed by atoms with Crippen molar-refractivity contribution in [3.63, 3.8) is 0 Å². The largest absolute Gasteiger partial charge is 0.391 e. The fraction of sp³-hybridized carbons (Fsp3) is 0.667. The molecule has 0 aliphatic rings. The van der Waals surface area contributed by atoms with E-state index in [1.165, 1.54) is 6.33 Å². The molecule has 5 nitrogen and oxygen atoms in total. The molecule has 0 fully saturated rings. The number of aliphatic hydroxyl groups is 1. The number of hydrogen-bond donors (Lipinski definition) is 3. The van der Waals surface area contributed by atoms with Gasteiger partial charge in [0.25, 0.3) is 0 Å². The molecular formula is C12H21BrN4O. The third kappa shape index (κ3) is 4.78. The van der Waals surface area contributed by atoms with Crippen molar-refractivity contribution in [3.05, 3.63) is 10.8 Å². The van der Waals surface area contributed by atoms with Gasteiger partial charge in [-0.15, -0.1) is 0 Å². The van der Waals surface area contributed by atoms with Gasteiger partial charge in [0.15, 0.2) is 0 Å². The summed E-state index contributed by atoms with van der Waals surface area (Å²) in [7, 11) is 0. The number of anilines is 2. The molecule has 0 aromatic carbocycles. The molecule has 0 amide bonds. The molecule has 6 heteroatoms. The summed E-state index contributed by atoms with van der Waals surface area (Å²) in [5.74, 6) is 1.48. The monoisotopic (exact) mass is 316 g/mol. The van der Waals surface area contributed by atoms with Gasteiger partial charge in [0, 0.05) is 13.1 Å². The fourth-order valence-corrected chi connectivity index (χ4v) is 1.99. The number of aromatic nitrogens is 2. The molecule has 1 aromatic rings. The van der Waals surface area contributed by atoms with Crippen LogP contribution in [0.4, 0.5) is 11.6 Å². The van der Waals surface area contributed by atoms with Crippen LogP contribution in [0.25, 0.3) is 0 Å². The molecule has 0 spiro atoms. The molecule has 0 aliphatic heterocycles. The minimum absolute atomic E-state index is 0.344. The molecule has 0 aliphatic carbocycles. The van der Waals surface area contributed by atoms with Gasteiger partial charge in [-0.3, -0.25) is 0 Å². The zero-order valence-electron chi connectivity index (χ0n) is 10.9. The van der Waals surface area contributed by atoms with Crippen LogP contribution in [0.15, 0.2) is 10.8 Å². The molecule has 0 radical (unpaired) electrons. The van der Waals surface area contributed by atoms with Crippen LogP contribution in [0, 0.1) is 0 Å². The fourth-order valence-electron chi connectivity index (χ4n) is 1.51. The quantitative estimate of drug-likeness (QED) is 0.687. The topological polar surface area (TPSA) is 70.1 Å². The van der Waals surface area contributed by atoms with Crippen molar-refractivity contribution < 1.29 is 5.11 Å². The van der Waals surface area contributed by atoms with E-state index in [-0.39, 0.29) is 6.10 Å². The first kappa shape index (κ1) is 15.2. The van der Waals surface area contributed by atoms with E-state index in [0.29, 0.717) is 12.4 Å². The van der Waals surface area contributed by atoms with Crippen LogP contribution in [-0.4, -0.2) is 34.3 Å². The molecule has 1 unspecified atom stereocenters. The second kappa shape index (κ2) is 8.26. The Kier molecular flexibility index (Phi) is 6.97. The maximum absolute atomic E-state index is 9.68. The van der Waals surface area contributed by atoms with Gasteiger partial charge in [-0.25, -0.2) is 9.97 Å². The smallest absolute Gasteiger partial charge is 0.146 e. The molecule has 0 saturated heterocycles. The van der Waals surface area contributed by atoms with Gasteiger partial charge in [0.1, 0.15) is 22.4 Å². The highest BCUT2D eigenvalue weighted by atomic mass is 79.9. The summed E-state index contributed by atoms with van der Waals surface area (Å²) < 4.78 is 0.808. The lowest BCUT2D eigenvalue weighted by Crippen LogP contribution is -2.20. The second-order valence-electron chi connectivity index (χ2n) is 4.14. The molecule has 18 heavy (non-hydrogen) atoms. The highest BCUT2D eigenvalue weighted by molar-refractivity contribution is 9.10. The number of halogens is 1. The van der Waals surface area contributed by atoms with E-state index in [4.69, 9.17) is 0 Å². The Labute approximate surface area is 117 Å². The Hall–Kier alpha value is -0.880. The van der Waals surface area contributed by atoms with E-state index in [1.807, 2.05) is 0 Å². The summed E-state index contributed by atoms with van der Waals surface area (Å²) in [5.41, 5.74) is 0. The van der Waals surface area contributed by atoms with Crippen LogP contribution in [0.3, 0.4) is 0 Å². The molecule has 0 saturated carbocycles. The molecule has 1 rings (SSSR count). The number of hydrogen-bond acceptors (Lipinski definition) is 5. The third-order valence-electron chi connectivity index (χ3n) is 2.46. The first-order valence-corrected chi connectivity index (χ1v) is 7.14. The zero-order valence-corrected chi connectivity index (χ0v) is 12.5. The predicted octanol–water partition coefficient (Wildman–Crippen LogP) is 2.63. The maximum Gasteiger partial charge on any atom is 0.146 e. The van der Waals surface area contributed by atoms with Crippen LogP contribution in [0.1, 0.15) is 33.1 Å².